The van der Waals surface area contributed by atoms with E-state index in [1.807, 2.05) is 12.1 Å². The van der Waals surface area contributed by atoms with Gasteiger partial charge in [-0.3, -0.25) is 0 Å². The third-order valence-corrected chi connectivity index (χ3v) is 3.22. The van der Waals surface area contributed by atoms with Crippen molar-refractivity contribution in [2.45, 2.75) is 11.8 Å². The van der Waals surface area contributed by atoms with Crippen LogP contribution in [-0.2, 0) is 0 Å². The molecule has 1 aromatic carbocycles. The van der Waals surface area contributed by atoms with E-state index in [9.17, 15) is 0 Å². The molecule has 1 aromatic rings. The fraction of sp³-hybridized carbons (Fsp3) is 0.143. The number of hydrogen-bond donors (Lipinski definition) is 1. The maximum absolute atomic E-state index is 4.25. The number of thiol groups is 1. The molecule has 0 saturated heterocycles. The summed E-state index contributed by atoms with van der Waals surface area (Å²) in [6.07, 6.45) is 0. The first-order valence-electron chi connectivity index (χ1n) is 2.69. The number of aryl methyl sites for hydroxylation is 1. The molecule has 0 aliphatic rings. The van der Waals surface area contributed by atoms with Crippen molar-refractivity contribution >= 4 is 33.8 Å². The van der Waals surface area contributed by atoms with Gasteiger partial charge in [0.1, 0.15) is 0 Å². The third kappa shape index (κ3) is 1.53. The molecule has 0 saturated carbocycles. The standard InChI is InChI=1S/C7H7AsS/c1-5-3-2-4-6(9)7(5)8/h2-4,9H,1H3. The van der Waals surface area contributed by atoms with Gasteiger partial charge in [0.25, 0.3) is 0 Å². The van der Waals surface area contributed by atoms with E-state index in [1.54, 1.807) is 0 Å². The molecule has 0 fully saturated rings. The summed E-state index contributed by atoms with van der Waals surface area (Å²) < 4.78 is 1.22. The fourth-order valence-electron chi connectivity index (χ4n) is 0.643. The second kappa shape index (κ2) is 2.81. The number of hydrogen-bond acceptors (Lipinski definition) is 1. The predicted octanol–water partition coefficient (Wildman–Crippen LogP) is 1.08. The van der Waals surface area contributed by atoms with Crippen LogP contribution < -0.4 is 4.35 Å². The van der Waals surface area contributed by atoms with Crippen molar-refractivity contribution in [3.05, 3.63) is 23.8 Å². The van der Waals surface area contributed by atoms with Crippen molar-refractivity contribution in [2.24, 2.45) is 0 Å². The van der Waals surface area contributed by atoms with E-state index in [4.69, 9.17) is 0 Å². The summed E-state index contributed by atoms with van der Waals surface area (Å²) in [5, 5.41) is 0. The minimum atomic E-state index is 1.05. The van der Waals surface area contributed by atoms with E-state index >= 15 is 0 Å². The van der Waals surface area contributed by atoms with Crippen molar-refractivity contribution in [1.29, 1.82) is 0 Å². The Labute approximate surface area is 69.6 Å². The van der Waals surface area contributed by atoms with Crippen LogP contribution >= 0.6 is 12.6 Å². The van der Waals surface area contributed by atoms with Gasteiger partial charge >= 0.3 is 69.4 Å². The Bertz CT molecular complexity index is 200. The quantitative estimate of drug-likeness (QED) is 0.468. The van der Waals surface area contributed by atoms with E-state index in [1.165, 1.54) is 9.91 Å². The topological polar surface area (TPSA) is 0 Å². The van der Waals surface area contributed by atoms with E-state index in [0.717, 1.165) is 4.90 Å². The predicted molar refractivity (Wildman–Crippen MR) is 43.8 cm³/mol. The molecule has 0 N–H and O–H groups in total. The van der Waals surface area contributed by atoms with Crippen molar-refractivity contribution in [3.63, 3.8) is 0 Å². The number of rotatable bonds is 0. The molecule has 0 unspecified atom stereocenters. The summed E-state index contributed by atoms with van der Waals surface area (Å²) in [6.45, 7) is 2.08. The Hall–Kier alpha value is 0.128. The molecule has 46 valence electrons. The Morgan fingerprint density at radius 3 is 2.56 bits per heavy atom. The van der Waals surface area contributed by atoms with E-state index in [-0.39, 0.29) is 0 Å². The summed E-state index contributed by atoms with van der Waals surface area (Å²) in [5.41, 5.74) is 1.28. The van der Waals surface area contributed by atoms with Crippen molar-refractivity contribution in [3.8, 4) is 0 Å². The molecular weight excluding hydrogens is 191 g/mol. The van der Waals surface area contributed by atoms with Gasteiger partial charge in [-0.15, -0.1) is 0 Å². The van der Waals surface area contributed by atoms with Gasteiger partial charge in [0.2, 0.25) is 0 Å². The molecule has 2 radical (unpaired) electrons. The van der Waals surface area contributed by atoms with Gasteiger partial charge in [0.15, 0.2) is 0 Å². The molecule has 0 aromatic heterocycles. The van der Waals surface area contributed by atoms with Gasteiger partial charge in [-0.05, 0) is 0 Å². The summed E-state index contributed by atoms with van der Waals surface area (Å²) in [6, 6.07) is 6.07. The van der Waals surface area contributed by atoms with Crippen LogP contribution in [0.4, 0.5) is 0 Å². The van der Waals surface area contributed by atoms with Gasteiger partial charge in [-0.1, -0.05) is 0 Å². The van der Waals surface area contributed by atoms with Crippen LogP contribution in [0.25, 0.3) is 0 Å². The Morgan fingerprint density at radius 1 is 1.44 bits per heavy atom. The van der Waals surface area contributed by atoms with Gasteiger partial charge in [-0.2, -0.15) is 0 Å². The SMILES string of the molecule is Cc1cccc(S)c1[As]. The number of benzene rings is 1. The summed E-state index contributed by atoms with van der Waals surface area (Å²) in [4.78, 5) is 1.05. The van der Waals surface area contributed by atoms with Crippen LogP contribution in [0.15, 0.2) is 23.1 Å². The monoisotopic (exact) mass is 198 g/mol. The molecule has 0 bridgehead atoms. The molecule has 0 nitrogen and oxygen atoms in total. The minimum absolute atomic E-state index is 1.05. The maximum atomic E-state index is 4.25. The van der Waals surface area contributed by atoms with Crippen LogP contribution in [0.2, 0.25) is 0 Å². The van der Waals surface area contributed by atoms with Gasteiger partial charge in [0.05, 0.1) is 0 Å². The molecular formula is C7H7AsS. The zero-order chi connectivity index (χ0) is 6.85. The summed E-state index contributed by atoms with van der Waals surface area (Å²) in [7, 11) is 0. The normalized spacial score (nSPS) is 9.67. The molecule has 0 amide bonds. The van der Waals surface area contributed by atoms with Gasteiger partial charge in [-0.25, -0.2) is 0 Å². The van der Waals surface area contributed by atoms with E-state index in [2.05, 4.69) is 42.5 Å². The van der Waals surface area contributed by atoms with Crippen LogP contribution in [0.1, 0.15) is 5.56 Å². The van der Waals surface area contributed by atoms with Crippen molar-refractivity contribution in [2.75, 3.05) is 0 Å². The molecule has 0 heterocycles. The fourth-order valence-corrected chi connectivity index (χ4v) is 1.22. The zero-order valence-corrected chi connectivity index (χ0v) is 7.90. The Morgan fingerprint density at radius 2 is 2.11 bits per heavy atom. The molecule has 0 spiro atoms. The van der Waals surface area contributed by atoms with Gasteiger partial charge < -0.3 is 0 Å². The Kier molecular flexibility index (Phi) is 2.26. The molecule has 1 rings (SSSR count). The van der Waals surface area contributed by atoms with Gasteiger partial charge in [0, 0.05) is 0 Å². The van der Waals surface area contributed by atoms with Crippen molar-refractivity contribution in [1.82, 2.24) is 0 Å². The van der Waals surface area contributed by atoms with Crippen LogP contribution in [0.3, 0.4) is 0 Å². The average molecular weight is 198 g/mol. The van der Waals surface area contributed by atoms with E-state index in [0.29, 0.717) is 0 Å². The second-order valence-corrected chi connectivity index (χ2v) is 3.36. The van der Waals surface area contributed by atoms with Crippen molar-refractivity contribution < 1.29 is 0 Å². The van der Waals surface area contributed by atoms with E-state index < -0.39 is 0 Å². The van der Waals surface area contributed by atoms with Crippen LogP contribution in [-0.4, -0.2) is 16.9 Å². The van der Waals surface area contributed by atoms with Crippen LogP contribution in [0.5, 0.6) is 0 Å². The molecule has 0 aliphatic heterocycles. The summed E-state index contributed by atoms with van der Waals surface area (Å²) in [5.74, 6) is 0. The zero-order valence-electron chi connectivity index (χ0n) is 5.13. The summed E-state index contributed by atoms with van der Waals surface area (Å²) >= 11 is 6.77. The first-order chi connectivity index (χ1) is 4.22. The molecule has 0 atom stereocenters. The second-order valence-electron chi connectivity index (χ2n) is 1.94. The molecule has 2 heteroatoms. The molecule has 9 heavy (non-hydrogen) atoms. The first-order valence-corrected chi connectivity index (χ1v) is 4.08. The molecule has 0 aliphatic carbocycles. The average Bonchev–Trinajstić information content (AvgIpc) is 1.83. The first kappa shape index (κ1) is 7.24. The van der Waals surface area contributed by atoms with Crippen LogP contribution in [0, 0.1) is 6.92 Å². The third-order valence-electron chi connectivity index (χ3n) is 1.22. The Balaban J connectivity index is 3.25.